The number of ether oxygens (including phenoxy) is 2. The summed E-state index contributed by atoms with van der Waals surface area (Å²) in [6.45, 7) is 4.02. The van der Waals surface area contributed by atoms with Gasteiger partial charge < -0.3 is 14.0 Å². The van der Waals surface area contributed by atoms with Crippen LogP contribution in [0, 0.1) is 18.3 Å². The van der Waals surface area contributed by atoms with Gasteiger partial charge in [0.15, 0.2) is 17.3 Å². The zero-order valence-corrected chi connectivity index (χ0v) is 14.7. The molecule has 1 aromatic carbocycles. The molecule has 0 amide bonds. The Balaban J connectivity index is 1.67. The molecule has 1 aromatic heterocycles. The van der Waals surface area contributed by atoms with Gasteiger partial charge >= 0.3 is 0 Å². The number of hydrogen-bond acceptors (Lipinski definition) is 4. The highest BCUT2D eigenvalue weighted by molar-refractivity contribution is 6.09. The molecule has 5 nitrogen and oxygen atoms in total. The van der Waals surface area contributed by atoms with Crippen LogP contribution in [0.3, 0.4) is 0 Å². The Kier molecular flexibility index (Phi) is 4.26. The second kappa shape index (κ2) is 6.72. The van der Waals surface area contributed by atoms with Crippen molar-refractivity contribution in [3.8, 4) is 17.6 Å². The number of fused-ring (bicyclic) bond motifs is 2. The van der Waals surface area contributed by atoms with Crippen LogP contribution in [0.1, 0.15) is 45.7 Å². The maximum Gasteiger partial charge on any atom is 0.189 e. The molecule has 0 unspecified atom stereocenters. The van der Waals surface area contributed by atoms with E-state index in [9.17, 15) is 10.1 Å². The average Bonchev–Trinajstić information content (AvgIpc) is 3.13. The Morgan fingerprint density at radius 1 is 1.27 bits per heavy atom. The number of para-hydroxylation sites is 1. The molecule has 0 atom stereocenters. The van der Waals surface area contributed by atoms with Crippen molar-refractivity contribution in [1.29, 1.82) is 5.26 Å². The van der Waals surface area contributed by atoms with Crippen LogP contribution in [0.15, 0.2) is 24.3 Å². The van der Waals surface area contributed by atoms with Crippen molar-refractivity contribution >= 4 is 11.9 Å². The van der Waals surface area contributed by atoms with Crippen LogP contribution in [0.2, 0.25) is 0 Å². The lowest BCUT2D eigenvalue weighted by Gasteiger charge is -2.09. The number of carbonyl (C=O) groups excluding carboxylic acids is 1. The van der Waals surface area contributed by atoms with E-state index in [1.54, 1.807) is 6.08 Å². The molecule has 0 spiro atoms. The molecular weight excluding hydrogens is 328 g/mol. The summed E-state index contributed by atoms with van der Waals surface area (Å²) >= 11 is 0. The van der Waals surface area contributed by atoms with Gasteiger partial charge in [-0.1, -0.05) is 12.1 Å². The molecule has 0 bridgehead atoms. The third kappa shape index (κ3) is 2.68. The first-order valence-corrected chi connectivity index (χ1v) is 8.94. The number of hydrogen-bond donors (Lipinski definition) is 0. The summed E-state index contributed by atoms with van der Waals surface area (Å²) in [4.78, 5) is 12.8. The Morgan fingerprint density at radius 3 is 2.96 bits per heavy atom. The molecule has 4 rings (SSSR count). The van der Waals surface area contributed by atoms with Gasteiger partial charge in [0.1, 0.15) is 6.07 Å². The molecule has 0 radical (unpaired) electrons. The minimum absolute atomic E-state index is 0.145. The van der Waals surface area contributed by atoms with Crippen molar-refractivity contribution in [3.63, 3.8) is 0 Å². The highest BCUT2D eigenvalue weighted by Gasteiger charge is 2.26. The topological polar surface area (TPSA) is 64.2 Å². The number of benzene rings is 1. The number of nitriles is 1. The SMILES string of the molecule is Cc1c(C(=O)/C=C/c2cccc3c2OCCCO3)c(C#N)c2n1CCC2. The van der Waals surface area contributed by atoms with Gasteiger partial charge in [-0.05, 0) is 38.0 Å². The van der Waals surface area contributed by atoms with E-state index < -0.39 is 0 Å². The molecule has 0 fully saturated rings. The van der Waals surface area contributed by atoms with Gasteiger partial charge in [-0.2, -0.15) is 5.26 Å². The first kappa shape index (κ1) is 16.5. The summed E-state index contributed by atoms with van der Waals surface area (Å²) in [7, 11) is 0. The van der Waals surface area contributed by atoms with E-state index in [2.05, 4.69) is 10.6 Å². The first-order valence-electron chi connectivity index (χ1n) is 8.94. The maximum atomic E-state index is 12.8. The monoisotopic (exact) mass is 348 g/mol. The van der Waals surface area contributed by atoms with E-state index in [0.717, 1.165) is 42.8 Å². The van der Waals surface area contributed by atoms with E-state index in [1.807, 2.05) is 25.1 Å². The van der Waals surface area contributed by atoms with Gasteiger partial charge in [-0.3, -0.25) is 4.79 Å². The lowest BCUT2D eigenvalue weighted by atomic mass is 10.0. The number of nitrogens with zero attached hydrogens (tertiary/aromatic N) is 2. The molecular formula is C21H20N2O3. The predicted octanol–water partition coefficient (Wildman–Crippen LogP) is 3.67. The third-order valence-corrected chi connectivity index (χ3v) is 5.00. The Morgan fingerprint density at radius 2 is 2.12 bits per heavy atom. The molecule has 0 aliphatic carbocycles. The van der Waals surface area contributed by atoms with Gasteiger partial charge in [0, 0.05) is 29.9 Å². The number of ketones is 1. The predicted molar refractivity (Wildman–Crippen MR) is 97.6 cm³/mol. The van der Waals surface area contributed by atoms with Crippen LogP contribution in [0.5, 0.6) is 11.5 Å². The number of aromatic nitrogens is 1. The van der Waals surface area contributed by atoms with Crippen molar-refractivity contribution in [2.75, 3.05) is 13.2 Å². The normalized spacial score (nSPS) is 15.5. The lowest BCUT2D eigenvalue weighted by molar-refractivity contribution is 0.104. The van der Waals surface area contributed by atoms with Gasteiger partial charge in [-0.15, -0.1) is 0 Å². The summed E-state index contributed by atoms with van der Waals surface area (Å²) < 4.78 is 13.6. The van der Waals surface area contributed by atoms with E-state index in [-0.39, 0.29) is 5.78 Å². The second-order valence-corrected chi connectivity index (χ2v) is 6.57. The van der Waals surface area contributed by atoms with E-state index in [4.69, 9.17) is 9.47 Å². The van der Waals surface area contributed by atoms with Gasteiger partial charge in [0.05, 0.1) is 24.3 Å². The highest BCUT2D eigenvalue weighted by atomic mass is 16.5. The fraction of sp³-hybridized carbons (Fsp3) is 0.333. The Labute approximate surface area is 152 Å². The second-order valence-electron chi connectivity index (χ2n) is 6.57. The number of carbonyl (C=O) groups is 1. The standard InChI is InChI=1S/C21H20N2O3/c1-14-20(16(13-22)17-6-3-10-23(14)17)18(24)9-8-15-5-2-7-19-21(15)26-12-4-11-25-19/h2,5,7-9H,3-4,6,10-12H2,1H3/b9-8+. The molecule has 5 heteroatoms. The van der Waals surface area contributed by atoms with Crippen LogP contribution in [-0.2, 0) is 13.0 Å². The van der Waals surface area contributed by atoms with Gasteiger partial charge in [0.2, 0.25) is 0 Å². The molecule has 3 heterocycles. The van der Waals surface area contributed by atoms with E-state index in [1.165, 1.54) is 6.08 Å². The van der Waals surface area contributed by atoms with Crippen molar-refractivity contribution in [2.24, 2.45) is 0 Å². The van der Waals surface area contributed by atoms with Gasteiger partial charge in [-0.25, -0.2) is 0 Å². The first-order chi connectivity index (χ1) is 12.7. The third-order valence-electron chi connectivity index (χ3n) is 5.00. The summed E-state index contributed by atoms with van der Waals surface area (Å²) in [6.07, 6.45) is 6.00. The quantitative estimate of drug-likeness (QED) is 0.627. The number of allylic oxidation sites excluding steroid dienone is 1. The number of rotatable bonds is 3. The Hall–Kier alpha value is -3.00. The minimum atomic E-state index is -0.145. The van der Waals surface area contributed by atoms with E-state index >= 15 is 0 Å². The summed E-state index contributed by atoms with van der Waals surface area (Å²) in [5.41, 5.74) is 3.74. The summed E-state index contributed by atoms with van der Waals surface area (Å²) in [5, 5.41) is 9.54. The zero-order valence-electron chi connectivity index (χ0n) is 14.7. The van der Waals surface area contributed by atoms with E-state index in [0.29, 0.717) is 35.8 Å². The maximum absolute atomic E-state index is 12.8. The van der Waals surface area contributed by atoms with Crippen molar-refractivity contribution in [3.05, 3.63) is 52.4 Å². The molecule has 0 saturated heterocycles. The molecule has 132 valence electrons. The summed E-state index contributed by atoms with van der Waals surface area (Å²) in [5.74, 6) is 1.23. The molecule has 0 N–H and O–H groups in total. The Bertz CT molecular complexity index is 947. The van der Waals surface area contributed by atoms with Crippen LogP contribution < -0.4 is 9.47 Å². The fourth-order valence-electron chi connectivity index (χ4n) is 3.78. The smallest absolute Gasteiger partial charge is 0.189 e. The largest absolute Gasteiger partial charge is 0.490 e. The minimum Gasteiger partial charge on any atom is -0.490 e. The highest BCUT2D eigenvalue weighted by Crippen LogP contribution is 2.34. The lowest BCUT2D eigenvalue weighted by Crippen LogP contribution is -2.02. The van der Waals surface area contributed by atoms with Crippen molar-refractivity contribution in [2.45, 2.75) is 32.7 Å². The average molecular weight is 348 g/mol. The van der Waals surface area contributed by atoms with Crippen LogP contribution in [-0.4, -0.2) is 23.6 Å². The van der Waals surface area contributed by atoms with Crippen molar-refractivity contribution < 1.29 is 14.3 Å². The molecule has 2 aliphatic heterocycles. The summed E-state index contributed by atoms with van der Waals surface area (Å²) in [6, 6.07) is 7.89. The van der Waals surface area contributed by atoms with Crippen LogP contribution in [0.25, 0.3) is 6.08 Å². The van der Waals surface area contributed by atoms with Gasteiger partial charge in [0.25, 0.3) is 0 Å². The fourth-order valence-corrected chi connectivity index (χ4v) is 3.78. The zero-order chi connectivity index (χ0) is 18.1. The molecule has 2 aliphatic rings. The molecule has 2 aromatic rings. The van der Waals surface area contributed by atoms with Crippen LogP contribution >= 0.6 is 0 Å². The molecule has 0 saturated carbocycles. The molecule has 26 heavy (non-hydrogen) atoms. The van der Waals surface area contributed by atoms with Crippen molar-refractivity contribution in [1.82, 2.24) is 4.57 Å². The van der Waals surface area contributed by atoms with Crippen LogP contribution in [0.4, 0.5) is 0 Å².